The summed E-state index contributed by atoms with van der Waals surface area (Å²) in [6, 6.07) is 0.477. The van der Waals surface area contributed by atoms with Gasteiger partial charge in [0.15, 0.2) is 0 Å². The first-order valence-corrected chi connectivity index (χ1v) is 5.05. The van der Waals surface area contributed by atoms with Gasteiger partial charge >= 0.3 is 0 Å². The first-order valence-electron chi connectivity index (χ1n) is 5.05. The molecular weight excluding hydrogens is 169 g/mol. The molecule has 2 saturated heterocycles. The van der Waals surface area contributed by atoms with Crippen molar-refractivity contribution in [2.24, 2.45) is 0 Å². The lowest BCUT2D eigenvalue weighted by Crippen LogP contribution is -2.42. The highest BCUT2D eigenvalue weighted by Gasteiger charge is 2.61. The second-order valence-electron chi connectivity index (χ2n) is 4.66. The summed E-state index contributed by atoms with van der Waals surface area (Å²) in [5.41, 5.74) is -0.936. The van der Waals surface area contributed by atoms with Gasteiger partial charge < -0.3 is 4.74 Å². The van der Waals surface area contributed by atoms with Gasteiger partial charge in [-0.25, -0.2) is 4.39 Å². The lowest BCUT2D eigenvalue weighted by atomic mass is 9.80. The van der Waals surface area contributed by atoms with E-state index in [1.807, 2.05) is 20.9 Å². The van der Waals surface area contributed by atoms with Gasteiger partial charge in [-0.2, -0.15) is 0 Å². The Balaban J connectivity index is 1.92. The third-order valence-corrected chi connectivity index (χ3v) is 3.40. The van der Waals surface area contributed by atoms with Crippen LogP contribution in [0.2, 0.25) is 0 Å². The molecule has 2 nitrogen and oxygen atoms in total. The molecule has 0 aromatic heterocycles. The average Bonchev–Trinajstić information content (AvgIpc) is 2.32. The van der Waals surface area contributed by atoms with E-state index in [4.69, 9.17) is 4.74 Å². The molecule has 2 bridgehead atoms. The molecule has 0 aromatic rings. The Hall–Kier alpha value is -0.150. The van der Waals surface area contributed by atoms with Gasteiger partial charge in [-0.15, -0.1) is 0 Å². The van der Waals surface area contributed by atoms with E-state index >= 15 is 0 Å². The van der Waals surface area contributed by atoms with Crippen LogP contribution in [0.1, 0.15) is 26.7 Å². The number of likely N-dealkylation sites (N-methyl/N-ethyl adjacent to an activating group) is 1. The van der Waals surface area contributed by atoms with E-state index in [1.54, 1.807) is 0 Å². The lowest BCUT2D eigenvalue weighted by Gasteiger charge is -2.31. The minimum atomic E-state index is -0.936. The Morgan fingerprint density at radius 1 is 1.54 bits per heavy atom. The van der Waals surface area contributed by atoms with Gasteiger partial charge in [0.2, 0.25) is 0 Å². The summed E-state index contributed by atoms with van der Waals surface area (Å²) in [6.45, 7) is 4.52. The predicted molar refractivity (Wildman–Crippen MR) is 49.5 cm³/mol. The number of alkyl halides is 1. The molecule has 0 amide bonds. The van der Waals surface area contributed by atoms with Crippen molar-refractivity contribution in [3.63, 3.8) is 0 Å². The van der Waals surface area contributed by atoms with Crippen LogP contribution in [-0.4, -0.2) is 42.4 Å². The highest BCUT2D eigenvalue weighted by atomic mass is 19.1. The molecule has 76 valence electrons. The molecule has 0 aromatic carbocycles. The van der Waals surface area contributed by atoms with Gasteiger partial charge in [0.1, 0.15) is 5.67 Å². The maximum Gasteiger partial charge on any atom is 0.131 e. The molecule has 2 heterocycles. The van der Waals surface area contributed by atoms with E-state index in [-0.39, 0.29) is 12.1 Å². The van der Waals surface area contributed by atoms with Crippen LogP contribution >= 0.6 is 0 Å². The van der Waals surface area contributed by atoms with Crippen molar-refractivity contribution in [1.82, 2.24) is 4.90 Å². The van der Waals surface area contributed by atoms with E-state index in [9.17, 15) is 4.39 Å². The fourth-order valence-electron chi connectivity index (χ4n) is 2.45. The molecule has 3 heteroatoms. The highest BCUT2D eigenvalue weighted by molar-refractivity contribution is 5.15. The van der Waals surface area contributed by atoms with Crippen LogP contribution < -0.4 is 0 Å². The molecule has 0 unspecified atom stereocenters. The maximum atomic E-state index is 13.9. The average molecular weight is 187 g/mol. The van der Waals surface area contributed by atoms with Crippen LogP contribution in [0.25, 0.3) is 0 Å². The first-order chi connectivity index (χ1) is 6.03. The molecule has 3 rings (SSSR count). The second kappa shape index (κ2) is 2.92. The molecule has 1 atom stereocenters. The summed E-state index contributed by atoms with van der Waals surface area (Å²) in [5.74, 6) is 0. The summed E-state index contributed by atoms with van der Waals surface area (Å²) in [4.78, 5) is 2.14. The summed E-state index contributed by atoms with van der Waals surface area (Å²) in [5, 5.41) is 0. The number of halogens is 1. The molecule has 0 N–H and O–H groups in total. The van der Waals surface area contributed by atoms with Gasteiger partial charge in [-0.05, 0) is 33.7 Å². The van der Waals surface area contributed by atoms with E-state index in [2.05, 4.69) is 4.90 Å². The van der Waals surface area contributed by atoms with E-state index in [0.717, 1.165) is 12.8 Å². The van der Waals surface area contributed by atoms with Crippen LogP contribution in [0.5, 0.6) is 0 Å². The van der Waals surface area contributed by atoms with Crippen LogP contribution in [0.3, 0.4) is 0 Å². The summed E-state index contributed by atoms with van der Waals surface area (Å²) >= 11 is 0. The normalized spacial score (nSPS) is 44.1. The quantitative estimate of drug-likeness (QED) is 0.665. The summed E-state index contributed by atoms with van der Waals surface area (Å²) in [7, 11) is 2.01. The topological polar surface area (TPSA) is 12.5 Å². The molecule has 0 spiro atoms. The van der Waals surface area contributed by atoms with E-state index < -0.39 is 5.67 Å². The van der Waals surface area contributed by atoms with Crippen molar-refractivity contribution in [2.45, 2.75) is 50.5 Å². The fraction of sp³-hybridized carbons (Fsp3) is 1.00. The largest absolute Gasteiger partial charge is 0.377 e. The Bertz CT molecular complexity index is 201. The Morgan fingerprint density at radius 3 is 2.54 bits per heavy atom. The first kappa shape index (κ1) is 9.41. The molecule has 0 radical (unpaired) electrons. The molecular formula is C10H18FNO. The molecule has 1 aliphatic carbocycles. The van der Waals surface area contributed by atoms with Crippen molar-refractivity contribution in [2.75, 3.05) is 13.7 Å². The summed E-state index contributed by atoms with van der Waals surface area (Å²) in [6.07, 6.45) is 1.64. The summed E-state index contributed by atoms with van der Waals surface area (Å²) < 4.78 is 19.4. The second-order valence-corrected chi connectivity index (χ2v) is 4.66. The molecule has 3 aliphatic rings. The van der Waals surface area contributed by atoms with Crippen LogP contribution in [-0.2, 0) is 4.74 Å². The van der Waals surface area contributed by atoms with E-state index in [1.165, 1.54) is 0 Å². The minimum Gasteiger partial charge on any atom is -0.377 e. The monoisotopic (exact) mass is 187 g/mol. The molecule has 2 aliphatic heterocycles. The SMILES string of the molecule is CC(C)OC[C@H]1N(C)C2CC1(F)C2. The van der Waals surface area contributed by atoms with Crippen molar-refractivity contribution in [3.05, 3.63) is 0 Å². The van der Waals surface area contributed by atoms with Gasteiger partial charge in [0.25, 0.3) is 0 Å². The smallest absolute Gasteiger partial charge is 0.131 e. The minimum absolute atomic E-state index is 0.0000926. The van der Waals surface area contributed by atoms with Gasteiger partial charge in [0.05, 0.1) is 18.8 Å². The Morgan fingerprint density at radius 2 is 2.15 bits per heavy atom. The third kappa shape index (κ3) is 1.38. The zero-order valence-corrected chi connectivity index (χ0v) is 8.59. The van der Waals surface area contributed by atoms with Gasteiger partial charge in [-0.3, -0.25) is 4.90 Å². The number of fused-ring (bicyclic) bond motifs is 1. The number of hydrogen-bond acceptors (Lipinski definition) is 2. The standard InChI is InChI=1S/C10H18FNO/c1-7(2)13-6-9-10(11)4-8(5-10)12(9)3/h7-9H,4-6H2,1-3H3/t8?,9-,10?/m1/s1. The van der Waals surface area contributed by atoms with Crippen LogP contribution in [0, 0.1) is 0 Å². The van der Waals surface area contributed by atoms with Gasteiger partial charge in [0, 0.05) is 6.04 Å². The van der Waals surface area contributed by atoms with Crippen molar-refractivity contribution in [1.29, 1.82) is 0 Å². The zero-order valence-electron chi connectivity index (χ0n) is 8.59. The van der Waals surface area contributed by atoms with Crippen molar-refractivity contribution >= 4 is 0 Å². The number of ether oxygens (including phenoxy) is 1. The van der Waals surface area contributed by atoms with E-state index in [0.29, 0.717) is 12.6 Å². The fourth-order valence-corrected chi connectivity index (χ4v) is 2.45. The number of rotatable bonds is 3. The zero-order chi connectivity index (χ0) is 9.64. The Labute approximate surface area is 79.1 Å². The number of nitrogens with zero attached hydrogens (tertiary/aromatic N) is 1. The Kier molecular flexibility index (Phi) is 2.11. The molecule has 3 fully saturated rings. The molecule has 1 saturated carbocycles. The van der Waals surface area contributed by atoms with Crippen LogP contribution in [0.15, 0.2) is 0 Å². The lowest BCUT2D eigenvalue weighted by molar-refractivity contribution is 0.00725. The van der Waals surface area contributed by atoms with Crippen LogP contribution in [0.4, 0.5) is 4.39 Å². The third-order valence-electron chi connectivity index (χ3n) is 3.40. The van der Waals surface area contributed by atoms with Gasteiger partial charge in [-0.1, -0.05) is 0 Å². The maximum absolute atomic E-state index is 13.9. The van der Waals surface area contributed by atoms with Crippen molar-refractivity contribution < 1.29 is 9.13 Å². The molecule has 13 heavy (non-hydrogen) atoms. The predicted octanol–water partition coefficient (Wildman–Crippen LogP) is 1.60. The number of hydrogen-bond donors (Lipinski definition) is 0. The van der Waals surface area contributed by atoms with Crippen molar-refractivity contribution in [3.8, 4) is 0 Å². The highest BCUT2D eigenvalue weighted by Crippen LogP contribution is 2.51.